The number of rotatable bonds is 8. The first kappa shape index (κ1) is 27.7. The largest absolute Gasteiger partial charge is 0.390 e. The lowest BCUT2D eigenvalue weighted by molar-refractivity contribution is -0.118. The third-order valence-electron chi connectivity index (χ3n) is 7.39. The summed E-state index contributed by atoms with van der Waals surface area (Å²) in [6.07, 6.45) is 5.00. The summed E-state index contributed by atoms with van der Waals surface area (Å²) in [7, 11) is 0. The molecule has 1 saturated heterocycles. The summed E-state index contributed by atoms with van der Waals surface area (Å²) in [5, 5.41) is 16.2. The number of piperidine rings is 1. The fourth-order valence-electron chi connectivity index (χ4n) is 4.94. The van der Waals surface area contributed by atoms with Crippen LogP contribution in [0.3, 0.4) is 0 Å². The second-order valence-electron chi connectivity index (χ2n) is 10.0. The van der Waals surface area contributed by atoms with E-state index in [4.69, 9.17) is 11.6 Å². The zero-order valence-corrected chi connectivity index (χ0v) is 22.6. The molecule has 4 aromatic rings. The summed E-state index contributed by atoms with van der Waals surface area (Å²) in [4.78, 5) is 43.7. The van der Waals surface area contributed by atoms with Crippen molar-refractivity contribution in [2.45, 2.75) is 32.4 Å². The molecular formula is C27H22ClF3N8O3. The molecule has 1 aromatic carbocycles. The third-order valence-corrected chi connectivity index (χ3v) is 7.68. The molecular weight excluding hydrogens is 577 g/mol. The molecule has 0 unspecified atom stereocenters. The van der Waals surface area contributed by atoms with Crippen molar-refractivity contribution < 1.29 is 27.9 Å². The zero-order chi connectivity index (χ0) is 29.7. The summed E-state index contributed by atoms with van der Waals surface area (Å²) in [5.41, 5.74) is -1.21. The zero-order valence-electron chi connectivity index (χ0n) is 21.9. The van der Waals surface area contributed by atoms with Crippen LogP contribution in [-0.2, 0) is 11.4 Å². The van der Waals surface area contributed by atoms with Gasteiger partial charge in [-0.3, -0.25) is 24.2 Å². The SMILES string of the molecule is C[C@@H](c1cnc(N2C[C@H]3C[C@H]3C2=O)nc1)n1cc(NC(=O)c2nc(-c3c(C(F)F)ccc(Cl)c3F)cnc2CO)cn1. The minimum Gasteiger partial charge on any atom is -0.390 e. The molecule has 0 radical (unpaired) electrons. The van der Waals surface area contributed by atoms with E-state index >= 15 is 0 Å². The molecule has 42 heavy (non-hydrogen) atoms. The first-order chi connectivity index (χ1) is 20.2. The molecule has 1 aliphatic heterocycles. The number of amides is 2. The van der Waals surface area contributed by atoms with Crippen LogP contribution < -0.4 is 10.2 Å². The Kier molecular flexibility index (Phi) is 7.10. The topological polar surface area (TPSA) is 139 Å². The van der Waals surface area contributed by atoms with Crippen LogP contribution in [0.4, 0.5) is 24.8 Å². The third kappa shape index (κ3) is 4.96. The standard InChI is InChI=1S/C27H22ClF3N8O3/c1-12(14-5-33-27(34-6-14)38-9-13-4-17(13)26(38)42)39-10-15(7-35-39)36-25(41)23-20(11-40)32-8-19(37-23)21-16(24(30)31)2-3-18(28)22(21)29/h2-3,5-8,10,12-13,17,24,40H,4,9,11H2,1H3,(H,36,41)/t12-,13+,17+/m0/s1. The van der Waals surface area contributed by atoms with Crippen molar-refractivity contribution in [3.8, 4) is 11.3 Å². The van der Waals surface area contributed by atoms with Crippen LogP contribution in [-0.4, -0.2) is 53.2 Å². The Labute approximate surface area is 241 Å². The van der Waals surface area contributed by atoms with Gasteiger partial charge in [-0.05, 0) is 25.3 Å². The maximum Gasteiger partial charge on any atom is 0.276 e. The van der Waals surface area contributed by atoms with Crippen LogP contribution in [0.1, 0.15) is 53.1 Å². The number of aromatic nitrogens is 6. The van der Waals surface area contributed by atoms with E-state index in [9.17, 15) is 27.9 Å². The number of hydrogen-bond acceptors (Lipinski definition) is 8. The molecule has 1 saturated carbocycles. The lowest BCUT2D eigenvalue weighted by Gasteiger charge is -2.17. The maximum atomic E-state index is 14.8. The molecule has 11 nitrogen and oxygen atoms in total. The molecule has 2 N–H and O–H groups in total. The number of aliphatic hydroxyl groups is 1. The average molecular weight is 599 g/mol. The molecule has 216 valence electrons. The number of benzene rings is 1. The number of alkyl halides is 2. The molecule has 3 atom stereocenters. The molecule has 2 aliphatic rings. The van der Waals surface area contributed by atoms with Gasteiger partial charge >= 0.3 is 0 Å². The van der Waals surface area contributed by atoms with E-state index in [-0.39, 0.29) is 34.9 Å². The van der Waals surface area contributed by atoms with Crippen LogP contribution in [0, 0.1) is 17.7 Å². The van der Waals surface area contributed by atoms with Gasteiger partial charge in [-0.1, -0.05) is 17.7 Å². The van der Waals surface area contributed by atoms with Crippen LogP contribution >= 0.6 is 11.6 Å². The summed E-state index contributed by atoms with van der Waals surface area (Å²) in [6.45, 7) is 1.78. The normalized spacial score (nSPS) is 18.4. The highest BCUT2D eigenvalue weighted by Gasteiger charge is 2.53. The lowest BCUT2D eigenvalue weighted by atomic mass is 10.0. The fraction of sp³-hybridized carbons (Fsp3) is 0.296. The maximum absolute atomic E-state index is 14.8. The Morgan fingerprint density at radius 3 is 2.62 bits per heavy atom. The minimum atomic E-state index is -3.05. The molecule has 0 spiro atoms. The number of hydrogen-bond donors (Lipinski definition) is 2. The molecule has 6 rings (SSSR count). The first-order valence-corrected chi connectivity index (χ1v) is 13.3. The Hall–Kier alpha value is -4.43. The Balaban J connectivity index is 1.20. The van der Waals surface area contributed by atoms with Crippen LogP contribution in [0.5, 0.6) is 0 Å². The predicted molar refractivity (Wildman–Crippen MR) is 143 cm³/mol. The smallest absolute Gasteiger partial charge is 0.276 e. The number of carbonyl (C=O) groups is 2. The Morgan fingerprint density at radius 1 is 1.19 bits per heavy atom. The predicted octanol–water partition coefficient (Wildman–Crippen LogP) is 4.20. The van der Waals surface area contributed by atoms with Gasteiger partial charge < -0.3 is 10.4 Å². The van der Waals surface area contributed by atoms with Gasteiger partial charge in [0.15, 0.2) is 11.5 Å². The fourth-order valence-corrected chi connectivity index (χ4v) is 5.10. The highest BCUT2D eigenvalue weighted by molar-refractivity contribution is 6.31. The van der Waals surface area contributed by atoms with Gasteiger partial charge in [0, 0.05) is 47.7 Å². The van der Waals surface area contributed by atoms with Gasteiger partial charge in [0.25, 0.3) is 12.3 Å². The van der Waals surface area contributed by atoms with E-state index in [0.717, 1.165) is 24.8 Å². The first-order valence-electron chi connectivity index (χ1n) is 12.9. The van der Waals surface area contributed by atoms with Gasteiger partial charge in [-0.25, -0.2) is 28.1 Å². The molecule has 2 fully saturated rings. The monoisotopic (exact) mass is 598 g/mol. The van der Waals surface area contributed by atoms with Crippen LogP contribution in [0.2, 0.25) is 5.02 Å². The van der Waals surface area contributed by atoms with Gasteiger partial charge in [0.1, 0.15) is 0 Å². The van der Waals surface area contributed by atoms with Crippen molar-refractivity contribution in [3.63, 3.8) is 0 Å². The summed E-state index contributed by atoms with van der Waals surface area (Å²) in [6, 6.07) is 1.62. The number of aliphatic hydroxyl groups excluding tert-OH is 1. The minimum absolute atomic E-state index is 0.0556. The number of anilines is 2. The van der Waals surface area contributed by atoms with Gasteiger partial charge in [0.05, 0.1) is 47.1 Å². The van der Waals surface area contributed by atoms with Crippen molar-refractivity contribution in [2.24, 2.45) is 11.8 Å². The molecule has 4 heterocycles. The molecule has 2 amide bonds. The summed E-state index contributed by atoms with van der Waals surface area (Å²) < 4.78 is 43.6. The molecule has 15 heteroatoms. The van der Waals surface area contributed by atoms with Crippen molar-refractivity contribution in [3.05, 3.63) is 76.5 Å². The van der Waals surface area contributed by atoms with Crippen molar-refractivity contribution in [1.82, 2.24) is 29.7 Å². The number of fused-ring (bicyclic) bond motifs is 1. The van der Waals surface area contributed by atoms with E-state index in [1.165, 1.54) is 12.4 Å². The van der Waals surface area contributed by atoms with E-state index in [1.807, 2.05) is 6.92 Å². The van der Waals surface area contributed by atoms with Gasteiger partial charge in [-0.2, -0.15) is 5.10 Å². The number of nitrogens with one attached hydrogen (secondary N) is 1. The number of halogens is 4. The van der Waals surface area contributed by atoms with E-state index in [0.29, 0.717) is 24.0 Å². The molecule has 3 aromatic heterocycles. The number of nitrogens with zero attached hydrogens (tertiary/aromatic N) is 7. The highest BCUT2D eigenvalue weighted by Crippen LogP contribution is 2.46. The van der Waals surface area contributed by atoms with E-state index in [2.05, 4.69) is 30.4 Å². The average Bonchev–Trinajstić information content (AvgIpc) is 3.49. The lowest BCUT2D eigenvalue weighted by Crippen LogP contribution is -2.29. The molecule has 0 bridgehead atoms. The van der Waals surface area contributed by atoms with Crippen molar-refractivity contribution in [2.75, 3.05) is 16.8 Å². The van der Waals surface area contributed by atoms with Crippen molar-refractivity contribution in [1.29, 1.82) is 0 Å². The van der Waals surface area contributed by atoms with Crippen LogP contribution in [0.15, 0.2) is 43.1 Å². The van der Waals surface area contributed by atoms with Gasteiger partial charge in [-0.15, -0.1) is 0 Å². The van der Waals surface area contributed by atoms with Crippen molar-refractivity contribution >= 4 is 35.1 Å². The summed E-state index contributed by atoms with van der Waals surface area (Å²) >= 11 is 5.81. The molecule has 1 aliphatic carbocycles. The highest BCUT2D eigenvalue weighted by atomic mass is 35.5. The Morgan fingerprint density at radius 2 is 1.95 bits per heavy atom. The van der Waals surface area contributed by atoms with E-state index < -0.39 is 46.6 Å². The quantitative estimate of drug-likeness (QED) is 0.308. The number of carbonyl (C=O) groups excluding carboxylic acids is 2. The Bertz CT molecular complexity index is 1700. The van der Waals surface area contributed by atoms with Gasteiger partial charge in [0.2, 0.25) is 11.9 Å². The second kappa shape index (κ2) is 10.8. The second-order valence-corrected chi connectivity index (χ2v) is 10.4. The van der Waals surface area contributed by atoms with E-state index in [1.54, 1.807) is 22.0 Å². The van der Waals surface area contributed by atoms with Crippen LogP contribution in [0.25, 0.3) is 11.3 Å². The summed E-state index contributed by atoms with van der Waals surface area (Å²) in [5.74, 6) is -1.06.